The highest BCUT2D eigenvalue weighted by atomic mass is 35.5. The summed E-state index contributed by atoms with van der Waals surface area (Å²) in [5.74, 6) is 0.0502. The molecule has 4 nitrogen and oxygen atoms in total. The van der Waals surface area contributed by atoms with E-state index < -0.39 is 5.97 Å². The number of carbonyl (C=O) groups is 1. The fourth-order valence-corrected chi connectivity index (χ4v) is 2.42. The molecule has 0 aliphatic carbocycles. The van der Waals surface area contributed by atoms with E-state index in [0.717, 1.165) is 17.1 Å². The topological polar surface area (TPSA) is 44.1 Å². The summed E-state index contributed by atoms with van der Waals surface area (Å²) >= 11 is 5.81. The van der Waals surface area contributed by atoms with E-state index in [-0.39, 0.29) is 0 Å². The maximum atomic E-state index is 12.1. The molecule has 0 saturated heterocycles. The minimum Gasteiger partial charge on any atom is -0.423 e. The average Bonchev–Trinajstić information content (AvgIpc) is 2.88. The number of rotatable bonds is 3. The first-order chi connectivity index (χ1) is 11.0. The Hall–Kier alpha value is -2.59. The highest BCUT2D eigenvalue weighted by Crippen LogP contribution is 2.18. The van der Waals surface area contributed by atoms with Gasteiger partial charge in [0.2, 0.25) is 0 Å². The van der Waals surface area contributed by atoms with Crippen molar-refractivity contribution in [3.63, 3.8) is 0 Å². The molecule has 0 spiro atoms. The standard InChI is InChI=1S/C18H15ClN2O2/c1-12-11-13(2)21(20-12)16-7-3-14(4-8-16)18(22)23-17-9-5-15(19)6-10-17/h3-11H,1-2H3. The smallest absolute Gasteiger partial charge is 0.343 e. The molecule has 0 radical (unpaired) electrons. The van der Waals surface area contributed by atoms with E-state index in [9.17, 15) is 4.79 Å². The summed E-state index contributed by atoms with van der Waals surface area (Å²) in [6, 6.07) is 15.8. The van der Waals surface area contributed by atoms with Crippen molar-refractivity contribution in [1.82, 2.24) is 9.78 Å². The van der Waals surface area contributed by atoms with E-state index in [1.807, 2.05) is 36.7 Å². The van der Waals surface area contributed by atoms with Gasteiger partial charge in [0.05, 0.1) is 16.9 Å². The number of halogens is 1. The monoisotopic (exact) mass is 326 g/mol. The van der Waals surface area contributed by atoms with Crippen molar-refractivity contribution in [2.75, 3.05) is 0 Å². The van der Waals surface area contributed by atoms with Gasteiger partial charge in [-0.15, -0.1) is 0 Å². The molecule has 5 heteroatoms. The highest BCUT2D eigenvalue weighted by molar-refractivity contribution is 6.30. The summed E-state index contributed by atoms with van der Waals surface area (Å²) in [5, 5.41) is 5.02. The van der Waals surface area contributed by atoms with Crippen LogP contribution in [0.4, 0.5) is 0 Å². The van der Waals surface area contributed by atoms with Gasteiger partial charge in [0.25, 0.3) is 0 Å². The fourth-order valence-electron chi connectivity index (χ4n) is 2.30. The zero-order valence-corrected chi connectivity index (χ0v) is 13.5. The van der Waals surface area contributed by atoms with Gasteiger partial charge in [0.1, 0.15) is 5.75 Å². The molecule has 1 aromatic heterocycles. The van der Waals surface area contributed by atoms with Gasteiger partial charge in [-0.25, -0.2) is 9.48 Å². The van der Waals surface area contributed by atoms with Gasteiger partial charge in [0, 0.05) is 10.7 Å². The van der Waals surface area contributed by atoms with Crippen LogP contribution in [0.5, 0.6) is 5.75 Å². The average molecular weight is 327 g/mol. The Morgan fingerprint density at radius 1 is 1.04 bits per heavy atom. The molecule has 3 rings (SSSR count). The molecular weight excluding hydrogens is 312 g/mol. The van der Waals surface area contributed by atoms with Crippen molar-refractivity contribution in [2.45, 2.75) is 13.8 Å². The summed E-state index contributed by atoms with van der Waals surface area (Å²) in [4.78, 5) is 12.1. The van der Waals surface area contributed by atoms with Gasteiger partial charge < -0.3 is 4.74 Å². The molecule has 0 atom stereocenters. The van der Waals surface area contributed by atoms with Crippen molar-refractivity contribution in [1.29, 1.82) is 0 Å². The first-order valence-corrected chi connectivity index (χ1v) is 7.52. The van der Waals surface area contributed by atoms with Crippen LogP contribution in [0.2, 0.25) is 5.02 Å². The quantitative estimate of drug-likeness (QED) is 0.530. The molecule has 0 amide bonds. The lowest BCUT2D eigenvalue weighted by Crippen LogP contribution is -2.08. The number of carbonyl (C=O) groups excluding carboxylic acids is 1. The summed E-state index contributed by atoms with van der Waals surface area (Å²) in [6.45, 7) is 3.93. The van der Waals surface area contributed by atoms with Crippen molar-refractivity contribution < 1.29 is 9.53 Å². The van der Waals surface area contributed by atoms with Crippen LogP contribution in [-0.4, -0.2) is 15.7 Å². The first-order valence-electron chi connectivity index (χ1n) is 7.14. The number of benzene rings is 2. The van der Waals surface area contributed by atoms with E-state index in [2.05, 4.69) is 5.10 Å². The fraction of sp³-hybridized carbons (Fsp3) is 0.111. The molecule has 0 aliphatic heterocycles. The van der Waals surface area contributed by atoms with Crippen LogP contribution in [-0.2, 0) is 0 Å². The lowest BCUT2D eigenvalue weighted by atomic mass is 10.2. The maximum absolute atomic E-state index is 12.1. The second-order valence-electron chi connectivity index (χ2n) is 5.23. The van der Waals surface area contributed by atoms with E-state index in [0.29, 0.717) is 16.3 Å². The Bertz CT molecular complexity index is 836. The third-order valence-corrected chi connectivity index (χ3v) is 3.63. The van der Waals surface area contributed by atoms with Crippen molar-refractivity contribution >= 4 is 17.6 Å². The molecule has 116 valence electrons. The molecule has 2 aromatic carbocycles. The lowest BCUT2D eigenvalue weighted by Gasteiger charge is -2.07. The van der Waals surface area contributed by atoms with Crippen molar-refractivity contribution in [3.05, 3.63) is 76.6 Å². The Balaban J connectivity index is 1.77. The van der Waals surface area contributed by atoms with E-state index in [4.69, 9.17) is 16.3 Å². The summed E-state index contributed by atoms with van der Waals surface area (Å²) in [6.07, 6.45) is 0. The third-order valence-electron chi connectivity index (χ3n) is 3.38. The summed E-state index contributed by atoms with van der Waals surface area (Å²) < 4.78 is 7.15. The molecule has 0 N–H and O–H groups in total. The maximum Gasteiger partial charge on any atom is 0.343 e. The third kappa shape index (κ3) is 3.43. The number of hydrogen-bond acceptors (Lipinski definition) is 3. The molecule has 3 aromatic rings. The Morgan fingerprint density at radius 2 is 1.70 bits per heavy atom. The number of aromatic nitrogens is 2. The van der Waals surface area contributed by atoms with Crippen LogP contribution in [0.25, 0.3) is 5.69 Å². The Kier molecular flexibility index (Phi) is 4.17. The minimum atomic E-state index is -0.410. The predicted molar refractivity (Wildman–Crippen MR) is 89.4 cm³/mol. The first kappa shape index (κ1) is 15.3. The van der Waals surface area contributed by atoms with E-state index >= 15 is 0 Å². The highest BCUT2D eigenvalue weighted by Gasteiger charge is 2.10. The molecule has 23 heavy (non-hydrogen) atoms. The lowest BCUT2D eigenvalue weighted by molar-refractivity contribution is 0.0735. The summed E-state index contributed by atoms with van der Waals surface area (Å²) in [7, 11) is 0. The number of aryl methyl sites for hydroxylation is 2. The second kappa shape index (κ2) is 6.26. The van der Waals surface area contributed by atoms with Crippen molar-refractivity contribution in [2.24, 2.45) is 0 Å². The number of esters is 1. The van der Waals surface area contributed by atoms with Crippen LogP contribution in [0, 0.1) is 13.8 Å². The zero-order chi connectivity index (χ0) is 16.4. The molecule has 0 saturated carbocycles. The Labute approximate surface area is 139 Å². The normalized spacial score (nSPS) is 10.6. The largest absolute Gasteiger partial charge is 0.423 e. The molecular formula is C18H15ClN2O2. The van der Waals surface area contributed by atoms with Crippen molar-refractivity contribution in [3.8, 4) is 11.4 Å². The minimum absolute atomic E-state index is 0.410. The number of ether oxygens (including phenoxy) is 1. The molecule has 0 unspecified atom stereocenters. The molecule has 0 fully saturated rings. The Morgan fingerprint density at radius 3 is 2.26 bits per heavy atom. The van der Waals surface area contributed by atoms with Gasteiger partial charge in [-0.2, -0.15) is 5.10 Å². The van der Waals surface area contributed by atoms with Crippen LogP contribution >= 0.6 is 11.6 Å². The molecule has 1 heterocycles. The number of hydrogen-bond donors (Lipinski definition) is 0. The van der Waals surface area contributed by atoms with Gasteiger partial charge in [-0.05, 0) is 68.4 Å². The van der Waals surface area contributed by atoms with Gasteiger partial charge in [-0.3, -0.25) is 0 Å². The predicted octanol–water partition coefficient (Wildman–Crippen LogP) is 4.36. The van der Waals surface area contributed by atoms with Gasteiger partial charge >= 0.3 is 5.97 Å². The summed E-state index contributed by atoms with van der Waals surface area (Å²) in [5.41, 5.74) is 3.37. The van der Waals surface area contributed by atoms with Crippen LogP contribution in [0.15, 0.2) is 54.6 Å². The van der Waals surface area contributed by atoms with Crippen LogP contribution in [0.3, 0.4) is 0 Å². The SMILES string of the molecule is Cc1cc(C)n(-c2ccc(C(=O)Oc3ccc(Cl)cc3)cc2)n1. The number of nitrogens with zero attached hydrogens (tertiary/aromatic N) is 2. The van der Waals surface area contributed by atoms with Crippen LogP contribution < -0.4 is 4.74 Å². The van der Waals surface area contributed by atoms with Crippen LogP contribution in [0.1, 0.15) is 21.7 Å². The van der Waals surface area contributed by atoms with E-state index in [1.54, 1.807) is 36.4 Å². The second-order valence-corrected chi connectivity index (χ2v) is 5.67. The zero-order valence-electron chi connectivity index (χ0n) is 12.8. The van der Waals surface area contributed by atoms with E-state index in [1.165, 1.54) is 0 Å². The van der Waals surface area contributed by atoms with Gasteiger partial charge in [0.15, 0.2) is 0 Å². The molecule has 0 bridgehead atoms. The molecule has 0 aliphatic rings. The van der Waals surface area contributed by atoms with Gasteiger partial charge in [-0.1, -0.05) is 11.6 Å².